The van der Waals surface area contributed by atoms with Crippen LogP contribution in [0, 0.1) is 47.0 Å². The molecule has 1 heterocycles. The highest BCUT2D eigenvalue weighted by Gasteiger charge is 2.51. The van der Waals surface area contributed by atoms with E-state index in [4.69, 9.17) is 0 Å². The van der Waals surface area contributed by atoms with Crippen molar-refractivity contribution >= 4 is 15.9 Å². The van der Waals surface area contributed by atoms with E-state index in [2.05, 4.69) is 0 Å². The standard InChI is InChI=1S/C21H25F3N2O3S/c22-16-1-2-17(20(24)19(16)23)30(28,29)26-5-3-25(4-6-26)21(27)18-14-8-12-7-13(10-14)11-15(18)9-12/h1-2,12-15,18H,3-11H2. The van der Waals surface area contributed by atoms with Crippen LogP contribution in [-0.4, -0.2) is 49.7 Å². The van der Waals surface area contributed by atoms with Crippen LogP contribution in [0.4, 0.5) is 13.2 Å². The normalized spacial score (nSPS) is 33.8. The molecule has 4 saturated carbocycles. The Morgan fingerprint density at radius 3 is 1.97 bits per heavy atom. The van der Waals surface area contributed by atoms with E-state index in [1.807, 2.05) is 0 Å². The molecule has 0 radical (unpaired) electrons. The molecule has 1 amide bonds. The lowest BCUT2D eigenvalue weighted by Crippen LogP contribution is -2.56. The minimum absolute atomic E-state index is 0.0137. The summed E-state index contributed by atoms with van der Waals surface area (Å²) in [5, 5.41) is 0. The molecule has 4 aliphatic carbocycles. The van der Waals surface area contributed by atoms with Gasteiger partial charge in [0, 0.05) is 32.1 Å². The predicted octanol–water partition coefficient (Wildman–Crippen LogP) is 3.01. The summed E-state index contributed by atoms with van der Waals surface area (Å²) in [4.78, 5) is 14.1. The molecular weight excluding hydrogens is 417 g/mol. The first kappa shape index (κ1) is 20.3. The van der Waals surface area contributed by atoms with Crippen LogP contribution in [0.15, 0.2) is 17.0 Å². The summed E-state index contributed by atoms with van der Waals surface area (Å²) in [7, 11) is -4.31. The summed E-state index contributed by atoms with van der Waals surface area (Å²) < 4.78 is 67.3. The lowest BCUT2D eigenvalue weighted by atomic mass is 9.51. The second-order valence-corrected chi connectivity index (χ2v) is 11.3. The van der Waals surface area contributed by atoms with Crippen LogP contribution in [0.3, 0.4) is 0 Å². The van der Waals surface area contributed by atoms with Crippen LogP contribution >= 0.6 is 0 Å². The summed E-state index contributed by atoms with van der Waals surface area (Å²) in [6.07, 6.45) is 5.84. The predicted molar refractivity (Wildman–Crippen MR) is 102 cm³/mol. The summed E-state index contributed by atoms with van der Waals surface area (Å²) in [5.41, 5.74) is 0. The van der Waals surface area contributed by atoms with E-state index in [1.54, 1.807) is 4.90 Å². The lowest BCUT2D eigenvalue weighted by molar-refractivity contribution is -0.150. The van der Waals surface area contributed by atoms with Crippen LogP contribution in [0.2, 0.25) is 0 Å². The first-order valence-corrected chi connectivity index (χ1v) is 12.1. The Balaban J connectivity index is 1.27. The highest BCUT2D eigenvalue weighted by atomic mass is 32.2. The molecule has 9 heteroatoms. The second kappa shape index (κ2) is 7.22. The van der Waals surface area contributed by atoms with Gasteiger partial charge < -0.3 is 4.90 Å². The molecule has 1 aliphatic heterocycles. The molecule has 0 atom stereocenters. The zero-order valence-electron chi connectivity index (χ0n) is 16.6. The van der Waals surface area contributed by atoms with Crippen LogP contribution in [0.1, 0.15) is 32.1 Å². The zero-order valence-corrected chi connectivity index (χ0v) is 17.4. The third kappa shape index (κ3) is 3.16. The number of sulfonamides is 1. The maximum atomic E-state index is 14.0. The van der Waals surface area contributed by atoms with Crippen LogP contribution in [0.5, 0.6) is 0 Å². The Labute approximate surface area is 174 Å². The van der Waals surface area contributed by atoms with Crippen molar-refractivity contribution in [1.82, 2.24) is 9.21 Å². The monoisotopic (exact) mass is 442 g/mol. The van der Waals surface area contributed by atoms with Gasteiger partial charge in [-0.1, -0.05) is 0 Å². The molecule has 0 spiro atoms. The number of rotatable bonds is 3. The molecule has 0 unspecified atom stereocenters. The molecule has 0 N–H and O–H groups in total. The van der Waals surface area contributed by atoms with Gasteiger partial charge in [0.15, 0.2) is 17.5 Å². The molecule has 5 nitrogen and oxygen atoms in total. The fourth-order valence-corrected chi connectivity index (χ4v) is 8.01. The number of hydrogen-bond acceptors (Lipinski definition) is 3. The molecule has 6 rings (SSSR count). The van der Waals surface area contributed by atoms with Crippen molar-refractivity contribution in [3.8, 4) is 0 Å². The van der Waals surface area contributed by atoms with E-state index in [0.717, 1.165) is 47.9 Å². The molecule has 0 aromatic heterocycles. The van der Waals surface area contributed by atoms with Crippen LogP contribution < -0.4 is 0 Å². The van der Waals surface area contributed by atoms with Gasteiger partial charge in [0.1, 0.15) is 4.90 Å². The van der Waals surface area contributed by atoms with Crippen molar-refractivity contribution in [3.05, 3.63) is 29.6 Å². The van der Waals surface area contributed by atoms with E-state index >= 15 is 0 Å². The largest absolute Gasteiger partial charge is 0.340 e. The maximum absolute atomic E-state index is 14.0. The summed E-state index contributed by atoms with van der Waals surface area (Å²) in [6.45, 7) is 0.484. The van der Waals surface area contributed by atoms with Gasteiger partial charge in [0.2, 0.25) is 15.9 Å². The average Bonchev–Trinajstić information content (AvgIpc) is 2.71. The Morgan fingerprint density at radius 1 is 0.833 bits per heavy atom. The average molecular weight is 443 g/mol. The highest BCUT2D eigenvalue weighted by Crippen LogP contribution is 2.56. The van der Waals surface area contributed by atoms with Crippen molar-refractivity contribution in [2.45, 2.75) is 37.0 Å². The Bertz CT molecular complexity index is 948. The first-order valence-electron chi connectivity index (χ1n) is 10.7. The molecule has 1 aromatic rings. The van der Waals surface area contributed by atoms with Crippen molar-refractivity contribution in [2.24, 2.45) is 29.6 Å². The smallest absolute Gasteiger partial charge is 0.246 e. The third-order valence-corrected chi connectivity index (χ3v) is 9.60. The number of hydrogen-bond donors (Lipinski definition) is 0. The van der Waals surface area contributed by atoms with E-state index in [9.17, 15) is 26.4 Å². The van der Waals surface area contributed by atoms with Crippen molar-refractivity contribution in [2.75, 3.05) is 26.2 Å². The number of benzene rings is 1. The number of carbonyl (C=O) groups excluding carboxylic acids is 1. The summed E-state index contributed by atoms with van der Waals surface area (Å²) >= 11 is 0. The maximum Gasteiger partial charge on any atom is 0.246 e. The van der Waals surface area contributed by atoms with Gasteiger partial charge in [-0.05, 0) is 67.9 Å². The quantitative estimate of drug-likeness (QED) is 0.677. The van der Waals surface area contributed by atoms with Crippen LogP contribution in [0.25, 0.3) is 0 Å². The number of nitrogens with zero attached hydrogens (tertiary/aromatic N) is 2. The van der Waals surface area contributed by atoms with E-state index in [1.165, 1.54) is 6.42 Å². The minimum atomic E-state index is -4.31. The number of amides is 1. The Morgan fingerprint density at radius 2 is 1.40 bits per heavy atom. The Kier molecular flexibility index (Phi) is 4.89. The Hall–Kier alpha value is -1.61. The molecule has 164 valence electrons. The van der Waals surface area contributed by atoms with E-state index in [-0.39, 0.29) is 38.0 Å². The number of carbonyl (C=O) groups is 1. The third-order valence-electron chi connectivity index (χ3n) is 7.68. The topological polar surface area (TPSA) is 57.7 Å². The van der Waals surface area contributed by atoms with Crippen LogP contribution in [-0.2, 0) is 14.8 Å². The molecular formula is C21H25F3N2O3S. The van der Waals surface area contributed by atoms with Gasteiger partial charge in [0.25, 0.3) is 0 Å². The summed E-state index contributed by atoms with van der Waals surface area (Å²) in [6, 6.07) is 1.35. The molecule has 5 aliphatic rings. The molecule has 1 saturated heterocycles. The number of piperazine rings is 1. The number of halogens is 3. The molecule has 4 bridgehead atoms. The molecule has 30 heavy (non-hydrogen) atoms. The van der Waals surface area contributed by atoms with Crippen molar-refractivity contribution in [3.63, 3.8) is 0 Å². The van der Waals surface area contributed by atoms with Crippen molar-refractivity contribution in [1.29, 1.82) is 0 Å². The first-order chi connectivity index (χ1) is 14.3. The van der Waals surface area contributed by atoms with Gasteiger partial charge in [-0.15, -0.1) is 0 Å². The SMILES string of the molecule is O=C(C1C2CC3CC(C2)CC1C3)N1CCN(S(=O)(=O)c2ccc(F)c(F)c2F)CC1. The van der Waals surface area contributed by atoms with Crippen molar-refractivity contribution < 1.29 is 26.4 Å². The second-order valence-electron chi connectivity index (χ2n) is 9.36. The molecule has 1 aromatic carbocycles. The fraction of sp³-hybridized carbons (Fsp3) is 0.667. The lowest BCUT2D eigenvalue weighted by Gasteiger charge is -2.54. The van der Waals surface area contributed by atoms with Gasteiger partial charge in [0.05, 0.1) is 0 Å². The highest BCUT2D eigenvalue weighted by molar-refractivity contribution is 7.89. The van der Waals surface area contributed by atoms with E-state index in [0.29, 0.717) is 17.9 Å². The molecule has 5 fully saturated rings. The minimum Gasteiger partial charge on any atom is -0.340 e. The van der Waals surface area contributed by atoms with Gasteiger partial charge in [-0.25, -0.2) is 21.6 Å². The van der Waals surface area contributed by atoms with Gasteiger partial charge in [-0.2, -0.15) is 4.31 Å². The zero-order chi connectivity index (χ0) is 21.2. The van der Waals surface area contributed by atoms with E-state index < -0.39 is 32.4 Å². The van der Waals surface area contributed by atoms with Gasteiger partial charge in [-0.3, -0.25) is 4.79 Å². The summed E-state index contributed by atoms with van der Waals surface area (Å²) in [5.74, 6) is -2.33. The fourth-order valence-electron chi connectivity index (χ4n) is 6.53. The van der Waals surface area contributed by atoms with Gasteiger partial charge >= 0.3 is 0 Å².